The lowest BCUT2D eigenvalue weighted by Crippen LogP contribution is -2.56. The van der Waals surface area contributed by atoms with E-state index in [1.165, 1.54) is 0 Å². The number of methoxy groups -OCH3 is 1. The third-order valence-corrected chi connectivity index (χ3v) is 6.00. The molecule has 7 nitrogen and oxygen atoms in total. The number of amides is 1. The molecule has 3 rings (SSSR count). The zero-order valence-electron chi connectivity index (χ0n) is 17.9. The van der Waals surface area contributed by atoms with Crippen LogP contribution in [0.3, 0.4) is 0 Å². The summed E-state index contributed by atoms with van der Waals surface area (Å²) in [5.74, 6) is 0.437. The molecule has 2 saturated heterocycles. The maximum atomic E-state index is 12.2. The van der Waals surface area contributed by atoms with Gasteiger partial charge < -0.3 is 29.4 Å². The second kappa shape index (κ2) is 7.59. The Morgan fingerprint density at radius 2 is 2.11 bits per heavy atom. The van der Waals surface area contributed by atoms with Crippen molar-refractivity contribution >= 4 is 6.09 Å². The molecule has 3 fully saturated rings. The van der Waals surface area contributed by atoms with Crippen LogP contribution in [0.4, 0.5) is 4.79 Å². The highest BCUT2D eigenvalue weighted by atomic mass is 16.6. The fourth-order valence-electron chi connectivity index (χ4n) is 4.41. The van der Waals surface area contributed by atoms with Gasteiger partial charge in [-0.1, -0.05) is 26.0 Å². The summed E-state index contributed by atoms with van der Waals surface area (Å²) in [4.78, 5) is 12.2. The van der Waals surface area contributed by atoms with E-state index < -0.39 is 17.3 Å². The number of nitrogens with one attached hydrogen (secondary N) is 1. The van der Waals surface area contributed by atoms with Gasteiger partial charge in [-0.05, 0) is 39.5 Å². The predicted octanol–water partition coefficient (Wildman–Crippen LogP) is 2.42. The van der Waals surface area contributed by atoms with Gasteiger partial charge in [0, 0.05) is 13.7 Å². The Labute approximate surface area is 167 Å². The maximum absolute atomic E-state index is 12.2. The van der Waals surface area contributed by atoms with Crippen LogP contribution in [0.5, 0.6) is 0 Å². The summed E-state index contributed by atoms with van der Waals surface area (Å²) in [5, 5.41) is 12.4. The highest BCUT2D eigenvalue weighted by Crippen LogP contribution is 2.59. The van der Waals surface area contributed by atoms with Crippen molar-refractivity contribution in [2.75, 3.05) is 20.3 Å². The highest BCUT2D eigenvalue weighted by Gasteiger charge is 2.72. The van der Waals surface area contributed by atoms with E-state index in [-0.39, 0.29) is 36.4 Å². The standard InChI is InChI=1S/C21H35NO6/c1-13(2)7-8-15-20(5,28-15)17-16(25-6)14(9-10-21(17)12-26-21)27-18(23)22-11-19(3,4)24/h7-8,13-17,24H,9-12H2,1-6H3,(H,22,23)/b8-7+/t14-,15-,16?,17?,20?,21+/m1/s1. The highest BCUT2D eigenvalue weighted by molar-refractivity contribution is 5.67. The number of hydrogen-bond donors (Lipinski definition) is 2. The summed E-state index contributed by atoms with van der Waals surface area (Å²) >= 11 is 0. The molecular formula is C21H35NO6. The molecular weight excluding hydrogens is 362 g/mol. The zero-order chi connectivity index (χ0) is 20.7. The third kappa shape index (κ3) is 4.53. The maximum Gasteiger partial charge on any atom is 0.407 e. The topological polar surface area (TPSA) is 92.9 Å². The van der Waals surface area contributed by atoms with Gasteiger partial charge in [0.1, 0.15) is 29.5 Å². The van der Waals surface area contributed by atoms with Crippen LogP contribution >= 0.6 is 0 Å². The summed E-state index contributed by atoms with van der Waals surface area (Å²) in [6.07, 6.45) is 4.52. The van der Waals surface area contributed by atoms with Gasteiger partial charge in [-0.2, -0.15) is 0 Å². The average Bonchev–Trinajstić information content (AvgIpc) is 3.50. The van der Waals surface area contributed by atoms with Crippen LogP contribution in [0.25, 0.3) is 0 Å². The van der Waals surface area contributed by atoms with Crippen molar-refractivity contribution in [2.24, 2.45) is 11.8 Å². The van der Waals surface area contributed by atoms with Gasteiger partial charge in [0.2, 0.25) is 0 Å². The van der Waals surface area contributed by atoms with E-state index in [0.717, 1.165) is 6.42 Å². The molecule has 0 aromatic carbocycles. The number of allylic oxidation sites excluding steroid dienone is 1. The van der Waals surface area contributed by atoms with Crippen molar-refractivity contribution in [1.82, 2.24) is 5.32 Å². The molecule has 2 aliphatic heterocycles. The summed E-state index contributed by atoms with van der Waals surface area (Å²) < 4.78 is 23.5. The summed E-state index contributed by atoms with van der Waals surface area (Å²) in [7, 11) is 1.65. The molecule has 6 atom stereocenters. The first-order valence-corrected chi connectivity index (χ1v) is 10.2. The second-order valence-electron chi connectivity index (χ2n) is 9.53. The number of alkyl carbamates (subject to hydrolysis) is 1. The lowest BCUT2D eigenvalue weighted by Gasteiger charge is -2.42. The second-order valence-corrected chi connectivity index (χ2v) is 9.53. The summed E-state index contributed by atoms with van der Waals surface area (Å²) in [6.45, 7) is 10.4. The normalized spacial score (nSPS) is 40.1. The van der Waals surface area contributed by atoms with Gasteiger partial charge in [-0.3, -0.25) is 0 Å². The van der Waals surface area contributed by atoms with Gasteiger partial charge in [-0.25, -0.2) is 4.79 Å². The van der Waals surface area contributed by atoms with Gasteiger partial charge in [0.25, 0.3) is 0 Å². The van der Waals surface area contributed by atoms with Crippen LogP contribution in [0.2, 0.25) is 0 Å². The van der Waals surface area contributed by atoms with E-state index in [0.29, 0.717) is 18.9 Å². The smallest absolute Gasteiger partial charge is 0.407 e. The number of aliphatic hydroxyl groups is 1. The van der Waals surface area contributed by atoms with E-state index in [1.54, 1.807) is 21.0 Å². The molecule has 28 heavy (non-hydrogen) atoms. The van der Waals surface area contributed by atoms with Crippen LogP contribution in [-0.2, 0) is 18.9 Å². The van der Waals surface area contributed by atoms with Gasteiger partial charge >= 0.3 is 6.09 Å². The predicted molar refractivity (Wildman–Crippen MR) is 104 cm³/mol. The van der Waals surface area contributed by atoms with Crippen LogP contribution in [0.15, 0.2) is 12.2 Å². The molecule has 0 bridgehead atoms. The van der Waals surface area contributed by atoms with Gasteiger partial charge in [-0.15, -0.1) is 0 Å². The Morgan fingerprint density at radius 1 is 1.43 bits per heavy atom. The van der Waals surface area contributed by atoms with Crippen molar-refractivity contribution in [1.29, 1.82) is 0 Å². The number of carbonyl (C=O) groups excluding carboxylic acids is 1. The van der Waals surface area contributed by atoms with Crippen LogP contribution < -0.4 is 5.32 Å². The van der Waals surface area contributed by atoms with Crippen molar-refractivity contribution in [3.05, 3.63) is 12.2 Å². The minimum Gasteiger partial charge on any atom is -0.443 e. The van der Waals surface area contributed by atoms with Crippen LogP contribution in [-0.4, -0.2) is 66.6 Å². The van der Waals surface area contributed by atoms with E-state index in [1.807, 2.05) is 0 Å². The molecule has 2 N–H and O–H groups in total. The molecule has 1 amide bonds. The van der Waals surface area contributed by atoms with Crippen molar-refractivity contribution in [3.8, 4) is 0 Å². The lowest BCUT2D eigenvalue weighted by atomic mass is 9.68. The first kappa shape index (κ1) is 21.6. The molecule has 0 aromatic rings. The van der Waals surface area contributed by atoms with Crippen LogP contribution in [0.1, 0.15) is 47.5 Å². The SMILES string of the molecule is COC1C(C2(C)O[C@@H]2/C=C/C(C)C)[C@]2(CC[C@H]1OC(=O)NCC(C)(C)O)CO2. The molecule has 160 valence electrons. The Kier molecular flexibility index (Phi) is 5.85. The molecule has 7 heteroatoms. The molecule has 1 spiro atoms. The van der Waals surface area contributed by atoms with Crippen molar-refractivity contribution in [3.63, 3.8) is 0 Å². The fourth-order valence-corrected chi connectivity index (χ4v) is 4.41. The van der Waals surface area contributed by atoms with Crippen molar-refractivity contribution < 1.29 is 28.8 Å². The van der Waals surface area contributed by atoms with Gasteiger partial charge in [0.05, 0.1) is 18.1 Å². The monoisotopic (exact) mass is 397 g/mol. The summed E-state index contributed by atoms with van der Waals surface area (Å²) in [6, 6.07) is 0. The van der Waals surface area contributed by atoms with Crippen molar-refractivity contribution in [2.45, 2.75) is 82.6 Å². The Bertz CT molecular complexity index is 609. The number of epoxide rings is 2. The summed E-state index contributed by atoms with van der Waals surface area (Å²) in [5.41, 5.74) is -1.64. The molecule has 0 aromatic heterocycles. The first-order chi connectivity index (χ1) is 13.0. The minimum atomic E-state index is -0.994. The fraction of sp³-hybridized carbons (Fsp3) is 0.857. The van der Waals surface area contributed by atoms with Crippen LogP contribution in [0, 0.1) is 11.8 Å². The molecule has 1 aliphatic carbocycles. The largest absolute Gasteiger partial charge is 0.443 e. The Hall–Kier alpha value is -1.15. The molecule has 0 radical (unpaired) electrons. The first-order valence-electron chi connectivity index (χ1n) is 10.2. The number of ether oxygens (including phenoxy) is 4. The van der Waals surface area contributed by atoms with Gasteiger partial charge in [0.15, 0.2) is 0 Å². The zero-order valence-corrected chi connectivity index (χ0v) is 17.9. The van der Waals surface area contributed by atoms with E-state index >= 15 is 0 Å². The quantitative estimate of drug-likeness (QED) is 0.506. The molecule has 3 aliphatic rings. The van der Waals surface area contributed by atoms with E-state index in [9.17, 15) is 9.90 Å². The molecule has 1 saturated carbocycles. The molecule has 3 unspecified atom stereocenters. The number of hydrogen-bond acceptors (Lipinski definition) is 6. The Morgan fingerprint density at radius 3 is 2.64 bits per heavy atom. The van der Waals surface area contributed by atoms with E-state index in [2.05, 4.69) is 38.2 Å². The third-order valence-electron chi connectivity index (χ3n) is 6.00. The molecule has 2 heterocycles. The Balaban J connectivity index is 1.70. The lowest BCUT2D eigenvalue weighted by molar-refractivity contribution is -0.118. The number of carbonyl (C=O) groups is 1. The average molecular weight is 398 g/mol. The minimum absolute atomic E-state index is 0.0152. The van der Waals surface area contributed by atoms with E-state index in [4.69, 9.17) is 18.9 Å². The number of rotatable bonds is 7.